The van der Waals surface area contributed by atoms with Crippen molar-refractivity contribution in [2.24, 2.45) is 0 Å². The van der Waals surface area contributed by atoms with Crippen LogP contribution in [0.2, 0.25) is 0 Å². The van der Waals surface area contributed by atoms with Crippen LogP contribution < -0.4 is 5.32 Å². The molecule has 6 nitrogen and oxygen atoms in total. The minimum absolute atomic E-state index is 0.0712. The van der Waals surface area contributed by atoms with Crippen molar-refractivity contribution in [2.45, 2.75) is 19.8 Å². The molecule has 2 aromatic carbocycles. The van der Waals surface area contributed by atoms with Crippen LogP contribution in [0.5, 0.6) is 0 Å². The second-order valence-corrected chi connectivity index (χ2v) is 6.17. The number of rotatable bonds is 5. The van der Waals surface area contributed by atoms with E-state index >= 15 is 0 Å². The van der Waals surface area contributed by atoms with Gasteiger partial charge < -0.3 is 9.73 Å². The largest absolute Gasteiger partial charge is 0.451 e. The van der Waals surface area contributed by atoms with Gasteiger partial charge in [0.25, 0.3) is 11.6 Å². The zero-order valence-corrected chi connectivity index (χ0v) is 14.4. The summed E-state index contributed by atoms with van der Waals surface area (Å²) < 4.78 is 5.54. The van der Waals surface area contributed by atoms with Crippen molar-refractivity contribution in [3.05, 3.63) is 82.1 Å². The van der Waals surface area contributed by atoms with E-state index < -0.39 is 10.8 Å². The number of carbonyl (C=O) groups is 1. The van der Waals surface area contributed by atoms with E-state index in [-0.39, 0.29) is 17.2 Å². The summed E-state index contributed by atoms with van der Waals surface area (Å²) in [6.45, 7) is 4.20. The minimum atomic E-state index is -0.478. The number of hydrogen-bond acceptors (Lipinski definition) is 4. The first-order chi connectivity index (χ1) is 12.5. The van der Waals surface area contributed by atoms with Crippen molar-refractivity contribution in [3.63, 3.8) is 0 Å². The van der Waals surface area contributed by atoms with Crippen LogP contribution in [-0.4, -0.2) is 10.8 Å². The van der Waals surface area contributed by atoms with Gasteiger partial charge >= 0.3 is 0 Å². The van der Waals surface area contributed by atoms with Gasteiger partial charge in [-0.2, -0.15) is 0 Å². The summed E-state index contributed by atoms with van der Waals surface area (Å²) in [5.41, 5.74) is 2.10. The van der Waals surface area contributed by atoms with Crippen LogP contribution in [0.15, 0.2) is 65.1 Å². The number of nitro groups is 1. The molecular formula is C20H18N2O4. The quantitative estimate of drug-likeness (QED) is 0.504. The van der Waals surface area contributed by atoms with Gasteiger partial charge in [-0.1, -0.05) is 38.1 Å². The van der Waals surface area contributed by atoms with Crippen LogP contribution in [0.4, 0.5) is 11.4 Å². The van der Waals surface area contributed by atoms with Gasteiger partial charge in [0.15, 0.2) is 5.76 Å². The van der Waals surface area contributed by atoms with Crippen LogP contribution in [0.25, 0.3) is 11.3 Å². The van der Waals surface area contributed by atoms with Gasteiger partial charge in [-0.15, -0.1) is 0 Å². The normalized spacial score (nSPS) is 10.7. The third-order valence-corrected chi connectivity index (χ3v) is 4.03. The number of hydrogen-bond donors (Lipinski definition) is 1. The lowest BCUT2D eigenvalue weighted by Crippen LogP contribution is -2.10. The summed E-state index contributed by atoms with van der Waals surface area (Å²) in [4.78, 5) is 23.0. The van der Waals surface area contributed by atoms with Crippen LogP contribution in [0.1, 0.15) is 35.9 Å². The third-order valence-electron chi connectivity index (χ3n) is 4.03. The molecule has 1 amide bonds. The zero-order chi connectivity index (χ0) is 18.7. The van der Waals surface area contributed by atoms with Gasteiger partial charge in [-0.05, 0) is 41.8 Å². The number of anilines is 1. The van der Waals surface area contributed by atoms with Crippen molar-refractivity contribution in [3.8, 4) is 11.3 Å². The summed E-state index contributed by atoms with van der Waals surface area (Å²) >= 11 is 0. The molecule has 6 heteroatoms. The second-order valence-electron chi connectivity index (χ2n) is 6.17. The fraction of sp³-hybridized carbons (Fsp3) is 0.150. The second kappa shape index (κ2) is 7.23. The Bertz CT molecular complexity index is 942. The Labute approximate surface area is 150 Å². The summed E-state index contributed by atoms with van der Waals surface area (Å²) in [5.74, 6) is 0.366. The molecule has 0 unspecified atom stereocenters. The molecule has 0 atom stereocenters. The standard InChI is InChI=1S/C20H18N2O4/c1-13(2)14-7-9-15(10-8-14)21-20(23)19-12-11-18(26-19)16-5-3-4-6-17(16)22(24)25/h3-13H,1-2H3,(H,21,23). The van der Waals surface area contributed by atoms with Gasteiger partial charge in [0, 0.05) is 11.8 Å². The molecule has 0 spiro atoms. The molecule has 0 saturated heterocycles. The number of furan rings is 1. The number of para-hydroxylation sites is 1. The fourth-order valence-electron chi connectivity index (χ4n) is 2.59. The molecule has 0 bridgehead atoms. The van der Waals surface area contributed by atoms with Crippen molar-refractivity contribution < 1.29 is 14.1 Å². The van der Waals surface area contributed by atoms with E-state index in [9.17, 15) is 14.9 Å². The minimum Gasteiger partial charge on any atom is -0.451 e. The first kappa shape index (κ1) is 17.4. The lowest BCUT2D eigenvalue weighted by molar-refractivity contribution is -0.384. The molecular weight excluding hydrogens is 332 g/mol. The molecule has 1 N–H and O–H groups in total. The molecule has 0 aliphatic carbocycles. The van der Waals surface area contributed by atoms with Crippen LogP contribution in [0.3, 0.4) is 0 Å². The highest BCUT2D eigenvalue weighted by Gasteiger charge is 2.19. The Morgan fingerprint density at radius 3 is 2.38 bits per heavy atom. The van der Waals surface area contributed by atoms with E-state index in [2.05, 4.69) is 19.2 Å². The molecule has 0 aliphatic rings. The lowest BCUT2D eigenvalue weighted by atomic mass is 10.0. The Morgan fingerprint density at radius 1 is 1.04 bits per heavy atom. The van der Waals surface area contributed by atoms with Gasteiger partial charge in [-0.3, -0.25) is 14.9 Å². The predicted octanol–water partition coefficient (Wildman–Crippen LogP) is 5.23. The monoisotopic (exact) mass is 350 g/mol. The molecule has 0 saturated carbocycles. The maximum atomic E-state index is 12.4. The van der Waals surface area contributed by atoms with Gasteiger partial charge in [0.2, 0.25) is 0 Å². The lowest BCUT2D eigenvalue weighted by Gasteiger charge is -2.07. The first-order valence-corrected chi connectivity index (χ1v) is 8.20. The smallest absolute Gasteiger partial charge is 0.291 e. The molecule has 3 aromatic rings. The average molecular weight is 350 g/mol. The highest BCUT2D eigenvalue weighted by molar-refractivity contribution is 6.02. The molecule has 1 aromatic heterocycles. The topological polar surface area (TPSA) is 85.4 Å². The van der Waals surface area contributed by atoms with E-state index in [1.165, 1.54) is 17.7 Å². The fourth-order valence-corrected chi connectivity index (χ4v) is 2.59. The van der Waals surface area contributed by atoms with E-state index in [4.69, 9.17) is 4.42 Å². The van der Waals surface area contributed by atoms with E-state index in [0.717, 1.165) is 0 Å². The number of nitrogens with one attached hydrogen (secondary N) is 1. The Kier molecular flexibility index (Phi) is 4.84. The molecule has 1 heterocycles. The highest BCUT2D eigenvalue weighted by Crippen LogP contribution is 2.31. The van der Waals surface area contributed by atoms with Crippen molar-refractivity contribution >= 4 is 17.3 Å². The Balaban J connectivity index is 1.79. The predicted molar refractivity (Wildman–Crippen MR) is 99.3 cm³/mol. The summed E-state index contributed by atoms with van der Waals surface area (Å²) in [5, 5.41) is 13.9. The van der Waals surface area contributed by atoms with Gasteiger partial charge in [0.1, 0.15) is 5.76 Å². The summed E-state index contributed by atoms with van der Waals surface area (Å²) in [7, 11) is 0. The molecule has 0 fully saturated rings. The SMILES string of the molecule is CC(C)c1ccc(NC(=O)c2ccc(-c3ccccc3[N+](=O)[O-])o2)cc1. The van der Waals surface area contributed by atoms with Crippen molar-refractivity contribution in [1.29, 1.82) is 0 Å². The molecule has 3 rings (SSSR count). The highest BCUT2D eigenvalue weighted by atomic mass is 16.6. The van der Waals surface area contributed by atoms with E-state index in [0.29, 0.717) is 17.2 Å². The zero-order valence-electron chi connectivity index (χ0n) is 14.4. The van der Waals surface area contributed by atoms with E-state index in [1.54, 1.807) is 24.3 Å². The summed E-state index contributed by atoms with van der Waals surface area (Å²) in [6.07, 6.45) is 0. The maximum absolute atomic E-state index is 12.4. The molecule has 26 heavy (non-hydrogen) atoms. The van der Waals surface area contributed by atoms with Crippen LogP contribution >= 0.6 is 0 Å². The number of benzene rings is 2. The van der Waals surface area contributed by atoms with Gasteiger partial charge in [-0.25, -0.2) is 0 Å². The van der Waals surface area contributed by atoms with Crippen molar-refractivity contribution in [2.75, 3.05) is 5.32 Å². The average Bonchev–Trinajstić information content (AvgIpc) is 3.12. The maximum Gasteiger partial charge on any atom is 0.291 e. The number of amides is 1. The van der Waals surface area contributed by atoms with Crippen molar-refractivity contribution in [1.82, 2.24) is 0 Å². The molecule has 0 aliphatic heterocycles. The number of nitrogens with zero attached hydrogens (tertiary/aromatic N) is 1. The molecule has 132 valence electrons. The van der Waals surface area contributed by atoms with E-state index in [1.807, 2.05) is 24.3 Å². The van der Waals surface area contributed by atoms with Crippen LogP contribution in [-0.2, 0) is 0 Å². The third kappa shape index (κ3) is 3.64. The summed E-state index contributed by atoms with van der Waals surface area (Å²) in [6, 6.07) is 16.9. The van der Waals surface area contributed by atoms with Gasteiger partial charge in [0.05, 0.1) is 10.5 Å². The Hall–Kier alpha value is -3.41. The number of nitro benzene ring substituents is 1. The van der Waals surface area contributed by atoms with Crippen LogP contribution in [0, 0.1) is 10.1 Å². The molecule has 0 radical (unpaired) electrons. The first-order valence-electron chi connectivity index (χ1n) is 8.20. The number of carbonyl (C=O) groups excluding carboxylic acids is 1. The Morgan fingerprint density at radius 2 is 1.73 bits per heavy atom.